The first-order valence-electron chi connectivity index (χ1n) is 7.08. The molecule has 1 fully saturated rings. The maximum Gasteiger partial charge on any atom is 0.218 e. The summed E-state index contributed by atoms with van der Waals surface area (Å²) in [5.74, 6) is -0.0524. The Morgan fingerprint density at radius 2 is 2.09 bits per heavy atom. The molecule has 0 N–H and O–H groups in total. The molecule has 0 amide bonds. The summed E-state index contributed by atoms with van der Waals surface area (Å²) in [6, 6.07) is 11.0. The molecule has 1 aliphatic carbocycles. The molecule has 1 heterocycles. The summed E-state index contributed by atoms with van der Waals surface area (Å²) in [6.07, 6.45) is 1.86. The number of thiophene rings is 1. The van der Waals surface area contributed by atoms with Gasteiger partial charge in [0.2, 0.25) is 10.0 Å². The predicted molar refractivity (Wildman–Crippen MR) is 86.7 cm³/mol. The molecular formula is C16H16N2O2S2. The van der Waals surface area contributed by atoms with Crippen molar-refractivity contribution in [2.75, 3.05) is 0 Å². The molecule has 22 heavy (non-hydrogen) atoms. The lowest BCUT2D eigenvalue weighted by Crippen LogP contribution is -2.33. The van der Waals surface area contributed by atoms with E-state index in [4.69, 9.17) is 5.26 Å². The van der Waals surface area contributed by atoms with E-state index in [0.717, 1.165) is 18.4 Å². The maximum atomic E-state index is 12.8. The maximum absolute atomic E-state index is 12.8. The smallest absolute Gasteiger partial charge is 0.212 e. The van der Waals surface area contributed by atoms with E-state index in [1.54, 1.807) is 39.9 Å². The molecule has 0 aliphatic heterocycles. The average Bonchev–Trinajstić information content (AvgIpc) is 3.20. The lowest BCUT2D eigenvalue weighted by Gasteiger charge is -2.21. The molecule has 0 saturated heterocycles. The van der Waals surface area contributed by atoms with E-state index in [2.05, 4.69) is 0 Å². The first-order chi connectivity index (χ1) is 10.6. The van der Waals surface area contributed by atoms with Gasteiger partial charge >= 0.3 is 0 Å². The Hall–Kier alpha value is -1.68. The number of nitrogens with zero attached hydrogens (tertiary/aromatic N) is 2. The second-order valence-electron chi connectivity index (χ2n) is 5.48. The summed E-state index contributed by atoms with van der Waals surface area (Å²) in [6.45, 7) is 0.439. The van der Waals surface area contributed by atoms with Gasteiger partial charge in [-0.15, -0.1) is 0 Å². The van der Waals surface area contributed by atoms with Gasteiger partial charge in [-0.2, -0.15) is 20.9 Å². The minimum Gasteiger partial charge on any atom is -0.212 e. The fourth-order valence-electron chi connectivity index (χ4n) is 2.40. The van der Waals surface area contributed by atoms with Crippen molar-refractivity contribution < 1.29 is 8.42 Å². The third-order valence-electron chi connectivity index (χ3n) is 3.64. The fourth-order valence-corrected chi connectivity index (χ4v) is 4.84. The number of rotatable bonds is 6. The Bertz CT molecular complexity index is 788. The van der Waals surface area contributed by atoms with Gasteiger partial charge in [-0.1, -0.05) is 12.1 Å². The topological polar surface area (TPSA) is 61.2 Å². The van der Waals surface area contributed by atoms with Crippen LogP contribution in [0.2, 0.25) is 0 Å². The van der Waals surface area contributed by atoms with Crippen LogP contribution in [-0.4, -0.2) is 18.8 Å². The molecule has 0 spiro atoms. The Morgan fingerprint density at radius 1 is 1.27 bits per heavy atom. The van der Waals surface area contributed by atoms with Gasteiger partial charge in [0, 0.05) is 12.6 Å². The summed E-state index contributed by atoms with van der Waals surface area (Å²) in [5.41, 5.74) is 2.18. The third-order valence-corrected chi connectivity index (χ3v) is 6.21. The highest BCUT2D eigenvalue weighted by molar-refractivity contribution is 7.88. The minimum absolute atomic E-state index is 0.0524. The van der Waals surface area contributed by atoms with E-state index < -0.39 is 10.0 Å². The van der Waals surface area contributed by atoms with Crippen molar-refractivity contribution in [3.63, 3.8) is 0 Å². The average molecular weight is 332 g/mol. The van der Waals surface area contributed by atoms with Gasteiger partial charge in [0.05, 0.1) is 17.4 Å². The first kappa shape index (κ1) is 15.2. The van der Waals surface area contributed by atoms with Crippen molar-refractivity contribution in [2.45, 2.75) is 31.2 Å². The van der Waals surface area contributed by atoms with Crippen LogP contribution in [0.4, 0.5) is 0 Å². The molecule has 2 aromatic rings. The van der Waals surface area contributed by atoms with E-state index in [1.807, 2.05) is 22.9 Å². The molecule has 1 saturated carbocycles. The fraction of sp³-hybridized carbons (Fsp3) is 0.312. The number of sulfonamides is 1. The van der Waals surface area contributed by atoms with Crippen LogP contribution < -0.4 is 0 Å². The lowest BCUT2D eigenvalue weighted by atomic mass is 10.2. The van der Waals surface area contributed by atoms with Gasteiger partial charge in [0.1, 0.15) is 0 Å². The zero-order valence-corrected chi connectivity index (χ0v) is 13.6. The van der Waals surface area contributed by atoms with Gasteiger partial charge < -0.3 is 0 Å². The van der Waals surface area contributed by atoms with E-state index in [0.29, 0.717) is 17.7 Å². The molecule has 1 aromatic carbocycles. The highest BCUT2D eigenvalue weighted by Crippen LogP contribution is 2.32. The molecule has 0 unspecified atom stereocenters. The van der Waals surface area contributed by atoms with Crippen LogP contribution in [0.1, 0.15) is 29.5 Å². The summed E-state index contributed by atoms with van der Waals surface area (Å²) in [7, 11) is -3.38. The summed E-state index contributed by atoms with van der Waals surface area (Å²) in [5, 5.41) is 12.9. The standard InChI is InChI=1S/C16H16N2O2S2/c17-9-13-2-1-3-14(8-13)12-22(19,20)18(16-4-5-16)10-15-6-7-21-11-15/h1-3,6-8,11,16H,4-5,10,12H2. The Balaban J connectivity index is 1.81. The van der Waals surface area contributed by atoms with Crippen molar-refractivity contribution in [2.24, 2.45) is 0 Å². The van der Waals surface area contributed by atoms with E-state index >= 15 is 0 Å². The van der Waals surface area contributed by atoms with Crippen LogP contribution in [0.25, 0.3) is 0 Å². The Kier molecular flexibility index (Phi) is 4.30. The van der Waals surface area contributed by atoms with Crippen molar-refractivity contribution in [3.05, 3.63) is 57.8 Å². The number of hydrogen-bond donors (Lipinski definition) is 0. The van der Waals surface area contributed by atoms with Crippen molar-refractivity contribution >= 4 is 21.4 Å². The van der Waals surface area contributed by atoms with E-state index in [1.165, 1.54) is 0 Å². The monoisotopic (exact) mass is 332 g/mol. The van der Waals surface area contributed by atoms with Crippen LogP contribution in [-0.2, 0) is 22.3 Å². The van der Waals surface area contributed by atoms with Crippen molar-refractivity contribution in [3.8, 4) is 6.07 Å². The second-order valence-corrected chi connectivity index (χ2v) is 8.18. The molecule has 0 atom stereocenters. The zero-order valence-electron chi connectivity index (χ0n) is 12.0. The first-order valence-corrected chi connectivity index (χ1v) is 9.63. The third kappa shape index (κ3) is 3.55. The minimum atomic E-state index is -3.38. The Labute approximate surface area is 134 Å². The number of hydrogen-bond acceptors (Lipinski definition) is 4. The van der Waals surface area contributed by atoms with E-state index in [-0.39, 0.29) is 11.8 Å². The number of nitriles is 1. The van der Waals surface area contributed by atoms with Crippen molar-refractivity contribution in [1.29, 1.82) is 5.26 Å². The SMILES string of the molecule is N#Cc1cccc(CS(=O)(=O)N(Cc2ccsc2)C2CC2)c1. The molecule has 1 aromatic heterocycles. The van der Waals surface area contributed by atoms with Gasteiger partial charge in [-0.05, 0) is 52.9 Å². The van der Waals surface area contributed by atoms with Crippen LogP contribution >= 0.6 is 11.3 Å². The zero-order chi connectivity index (χ0) is 15.6. The molecule has 114 valence electrons. The number of benzene rings is 1. The summed E-state index contributed by atoms with van der Waals surface area (Å²) in [4.78, 5) is 0. The van der Waals surface area contributed by atoms with Gasteiger partial charge in [0.15, 0.2) is 0 Å². The molecule has 0 bridgehead atoms. The highest BCUT2D eigenvalue weighted by atomic mass is 32.2. The quantitative estimate of drug-likeness (QED) is 0.816. The molecule has 0 radical (unpaired) electrons. The van der Waals surface area contributed by atoms with Crippen molar-refractivity contribution in [1.82, 2.24) is 4.31 Å². The highest BCUT2D eigenvalue weighted by Gasteiger charge is 2.37. The van der Waals surface area contributed by atoms with Gasteiger partial charge in [0.25, 0.3) is 0 Å². The second kappa shape index (κ2) is 6.21. The predicted octanol–water partition coefficient (Wildman–Crippen LogP) is 3.11. The molecule has 3 rings (SSSR count). The summed E-state index contributed by atoms with van der Waals surface area (Å²) >= 11 is 1.58. The Morgan fingerprint density at radius 3 is 2.73 bits per heavy atom. The normalized spacial score (nSPS) is 14.9. The molecule has 1 aliphatic rings. The largest absolute Gasteiger partial charge is 0.218 e. The van der Waals surface area contributed by atoms with Gasteiger partial charge in [-0.3, -0.25) is 0 Å². The van der Waals surface area contributed by atoms with Crippen LogP contribution in [0.5, 0.6) is 0 Å². The van der Waals surface area contributed by atoms with Crippen LogP contribution in [0.15, 0.2) is 41.1 Å². The van der Waals surface area contributed by atoms with Crippen LogP contribution in [0, 0.1) is 11.3 Å². The van der Waals surface area contributed by atoms with Crippen LogP contribution in [0.3, 0.4) is 0 Å². The molecule has 4 nitrogen and oxygen atoms in total. The van der Waals surface area contributed by atoms with E-state index in [9.17, 15) is 8.42 Å². The lowest BCUT2D eigenvalue weighted by molar-refractivity contribution is 0.398. The molecular weight excluding hydrogens is 316 g/mol. The summed E-state index contributed by atoms with van der Waals surface area (Å²) < 4.78 is 27.1. The van der Waals surface area contributed by atoms with Gasteiger partial charge in [-0.25, -0.2) is 8.42 Å². The molecule has 6 heteroatoms.